The number of hydrogen-bond donors (Lipinski definition) is 0. The number of benzene rings is 2. The molecule has 0 N–H and O–H groups in total. The monoisotopic (exact) mass is 303 g/mol. The van der Waals surface area contributed by atoms with Crippen LogP contribution in [-0.4, -0.2) is 12.1 Å². The van der Waals surface area contributed by atoms with Gasteiger partial charge >= 0.3 is 0 Å². The third-order valence-electron chi connectivity index (χ3n) is 4.55. The molecule has 1 aromatic heterocycles. The number of ether oxygens (including phenoxy) is 1. The molecule has 2 aromatic carbocycles. The largest absolute Gasteiger partial charge is 0.497 e. The molecule has 3 rings (SSSR count). The molecule has 0 aliphatic rings. The molecule has 0 aliphatic carbocycles. The summed E-state index contributed by atoms with van der Waals surface area (Å²) in [6, 6.07) is 21.2. The Hall–Kier alpha value is -2.61. The summed E-state index contributed by atoms with van der Waals surface area (Å²) < 4.78 is 5.30. The first-order valence-electron chi connectivity index (χ1n) is 7.77. The maximum atomic E-state index is 5.30. The van der Waals surface area contributed by atoms with E-state index in [-0.39, 0.29) is 5.41 Å². The Morgan fingerprint density at radius 2 is 1.22 bits per heavy atom. The minimum atomic E-state index is -0.233. The Morgan fingerprint density at radius 1 is 0.739 bits per heavy atom. The summed E-state index contributed by atoms with van der Waals surface area (Å²) in [5.74, 6) is 0.870. The number of rotatable bonds is 4. The molecule has 1 atom stereocenters. The van der Waals surface area contributed by atoms with Crippen molar-refractivity contribution < 1.29 is 4.74 Å². The van der Waals surface area contributed by atoms with E-state index in [1.165, 1.54) is 22.3 Å². The van der Waals surface area contributed by atoms with E-state index < -0.39 is 0 Å². The lowest BCUT2D eigenvalue weighted by molar-refractivity contribution is 0.414. The van der Waals surface area contributed by atoms with Crippen molar-refractivity contribution in [3.63, 3.8) is 0 Å². The lowest BCUT2D eigenvalue weighted by Crippen LogP contribution is -2.25. The average molecular weight is 303 g/mol. The van der Waals surface area contributed by atoms with Gasteiger partial charge in [-0.25, -0.2) is 0 Å². The van der Waals surface area contributed by atoms with E-state index in [1.807, 2.05) is 24.5 Å². The zero-order valence-electron chi connectivity index (χ0n) is 13.8. The molecule has 23 heavy (non-hydrogen) atoms. The average Bonchev–Trinajstić information content (AvgIpc) is 2.62. The van der Waals surface area contributed by atoms with Gasteiger partial charge in [0.2, 0.25) is 0 Å². The topological polar surface area (TPSA) is 22.1 Å². The molecule has 116 valence electrons. The van der Waals surface area contributed by atoms with E-state index in [1.54, 1.807) is 7.11 Å². The lowest BCUT2D eigenvalue weighted by atomic mass is 9.71. The fourth-order valence-corrected chi connectivity index (χ4v) is 3.00. The van der Waals surface area contributed by atoms with Gasteiger partial charge in [0.15, 0.2) is 0 Å². The van der Waals surface area contributed by atoms with E-state index in [4.69, 9.17) is 4.74 Å². The number of nitrogens with zero attached hydrogens (tertiary/aromatic N) is 1. The Labute approximate surface area is 137 Å². The van der Waals surface area contributed by atoms with E-state index >= 15 is 0 Å². The third-order valence-corrected chi connectivity index (χ3v) is 4.55. The molecule has 0 saturated carbocycles. The molecule has 0 fully saturated rings. The van der Waals surface area contributed by atoms with Gasteiger partial charge in [-0.05, 0) is 54.8 Å². The minimum absolute atomic E-state index is 0.233. The van der Waals surface area contributed by atoms with E-state index in [0.29, 0.717) is 0 Å². The molecule has 2 nitrogen and oxygen atoms in total. The van der Waals surface area contributed by atoms with Gasteiger partial charge in [-0.1, -0.05) is 42.0 Å². The van der Waals surface area contributed by atoms with E-state index in [9.17, 15) is 0 Å². The highest BCUT2D eigenvalue weighted by Gasteiger charge is 2.31. The van der Waals surface area contributed by atoms with E-state index in [0.717, 1.165) is 5.75 Å². The van der Waals surface area contributed by atoms with Crippen LogP contribution in [0.1, 0.15) is 29.2 Å². The van der Waals surface area contributed by atoms with Gasteiger partial charge in [0, 0.05) is 17.8 Å². The summed E-state index contributed by atoms with van der Waals surface area (Å²) in [5.41, 5.74) is 4.75. The summed E-state index contributed by atoms with van der Waals surface area (Å²) >= 11 is 0. The van der Waals surface area contributed by atoms with Gasteiger partial charge in [0.1, 0.15) is 5.75 Å². The molecule has 0 amide bonds. The van der Waals surface area contributed by atoms with Gasteiger partial charge in [-0.15, -0.1) is 0 Å². The summed E-state index contributed by atoms with van der Waals surface area (Å²) in [5, 5.41) is 0. The molecule has 0 unspecified atom stereocenters. The van der Waals surface area contributed by atoms with Crippen molar-refractivity contribution in [3.05, 3.63) is 95.3 Å². The normalized spacial score (nSPS) is 13.3. The Bertz CT molecular complexity index is 763. The quantitative estimate of drug-likeness (QED) is 0.693. The van der Waals surface area contributed by atoms with Gasteiger partial charge in [-0.3, -0.25) is 4.98 Å². The second kappa shape index (κ2) is 6.25. The van der Waals surface area contributed by atoms with Crippen LogP contribution in [0, 0.1) is 6.92 Å². The van der Waals surface area contributed by atoms with Crippen molar-refractivity contribution in [2.45, 2.75) is 19.3 Å². The minimum Gasteiger partial charge on any atom is -0.497 e. The van der Waals surface area contributed by atoms with Crippen molar-refractivity contribution in [3.8, 4) is 5.75 Å². The predicted octanol–water partition coefficient (Wildman–Crippen LogP) is 4.75. The van der Waals surface area contributed by atoms with Crippen molar-refractivity contribution >= 4 is 0 Å². The maximum absolute atomic E-state index is 5.30. The molecule has 0 bridgehead atoms. The Kier molecular flexibility index (Phi) is 4.16. The molecule has 2 heteroatoms. The zero-order valence-corrected chi connectivity index (χ0v) is 13.8. The smallest absolute Gasteiger partial charge is 0.118 e. The fourth-order valence-electron chi connectivity index (χ4n) is 3.00. The summed E-state index contributed by atoms with van der Waals surface area (Å²) in [6.45, 7) is 4.37. The van der Waals surface area contributed by atoms with Gasteiger partial charge in [-0.2, -0.15) is 0 Å². The van der Waals surface area contributed by atoms with Crippen molar-refractivity contribution in [1.29, 1.82) is 0 Å². The highest BCUT2D eigenvalue weighted by molar-refractivity contribution is 5.50. The van der Waals surface area contributed by atoms with Gasteiger partial charge in [0.25, 0.3) is 0 Å². The number of hydrogen-bond acceptors (Lipinski definition) is 2. The third kappa shape index (κ3) is 2.85. The SMILES string of the molecule is COc1ccc([C@](C)(c2ccncc2)c2ccc(C)cc2)cc1. The summed E-state index contributed by atoms with van der Waals surface area (Å²) in [4.78, 5) is 4.17. The first-order valence-corrected chi connectivity index (χ1v) is 7.77. The van der Waals surface area contributed by atoms with Crippen LogP contribution in [0.5, 0.6) is 5.75 Å². The van der Waals surface area contributed by atoms with Crippen LogP contribution in [0.3, 0.4) is 0 Å². The molecule has 1 heterocycles. The molecule has 3 aromatic rings. The summed E-state index contributed by atoms with van der Waals surface area (Å²) in [7, 11) is 1.69. The molecule has 0 radical (unpaired) electrons. The van der Waals surface area contributed by atoms with Crippen molar-refractivity contribution in [2.24, 2.45) is 0 Å². The lowest BCUT2D eigenvalue weighted by Gasteiger charge is -2.32. The van der Waals surface area contributed by atoms with Gasteiger partial charge in [0.05, 0.1) is 7.11 Å². The van der Waals surface area contributed by atoms with Crippen LogP contribution in [0.2, 0.25) is 0 Å². The highest BCUT2D eigenvalue weighted by Crippen LogP contribution is 2.39. The van der Waals surface area contributed by atoms with Gasteiger partial charge < -0.3 is 4.74 Å². The van der Waals surface area contributed by atoms with Crippen LogP contribution in [-0.2, 0) is 5.41 Å². The number of aromatic nitrogens is 1. The second-order valence-corrected chi connectivity index (χ2v) is 5.96. The molecule has 0 saturated heterocycles. The fraction of sp³-hybridized carbons (Fsp3) is 0.190. The Morgan fingerprint density at radius 3 is 1.74 bits per heavy atom. The summed E-state index contributed by atoms with van der Waals surface area (Å²) in [6.07, 6.45) is 3.70. The number of pyridine rings is 1. The van der Waals surface area contributed by atoms with Crippen LogP contribution in [0.15, 0.2) is 73.1 Å². The second-order valence-electron chi connectivity index (χ2n) is 5.96. The highest BCUT2D eigenvalue weighted by atomic mass is 16.5. The molecular formula is C21H21NO. The first kappa shape index (κ1) is 15.3. The number of methoxy groups -OCH3 is 1. The number of aryl methyl sites for hydroxylation is 1. The van der Waals surface area contributed by atoms with E-state index in [2.05, 4.69) is 67.4 Å². The van der Waals surface area contributed by atoms with Crippen molar-refractivity contribution in [2.75, 3.05) is 7.11 Å². The first-order chi connectivity index (χ1) is 11.1. The van der Waals surface area contributed by atoms with Crippen LogP contribution < -0.4 is 4.74 Å². The molecule has 0 spiro atoms. The van der Waals surface area contributed by atoms with Crippen LogP contribution in [0.4, 0.5) is 0 Å². The zero-order chi connectivity index (χ0) is 16.3. The van der Waals surface area contributed by atoms with Crippen LogP contribution >= 0.6 is 0 Å². The van der Waals surface area contributed by atoms with Crippen molar-refractivity contribution in [1.82, 2.24) is 4.98 Å². The molecule has 0 aliphatic heterocycles. The Balaban J connectivity index is 2.18. The maximum Gasteiger partial charge on any atom is 0.118 e. The molecular weight excluding hydrogens is 282 g/mol. The standard InChI is InChI=1S/C21H21NO/c1-16-4-6-17(7-5-16)21(2,19-12-14-22-15-13-19)18-8-10-20(23-3)11-9-18/h4-15H,1-3H3/t21-/m1/s1. The van der Waals surface area contributed by atoms with Crippen LogP contribution in [0.25, 0.3) is 0 Å². The predicted molar refractivity (Wildman–Crippen MR) is 94.0 cm³/mol.